The highest BCUT2D eigenvalue weighted by Crippen LogP contribution is 2.20. The van der Waals surface area contributed by atoms with Gasteiger partial charge in [0.1, 0.15) is 0 Å². The van der Waals surface area contributed by atoms with Crippen LogP contribution in [0.25, 0.3) is 0 Å². The van der Waals surface area contributed by atoms with Gasteiger partial charge in [-0.05, 0) is 0 Å². The van der Waals surface area contributed by atoms with Crippen molar-refractivity contribution in [1.29, 1.82) is 0 Å². The molecule has 4 nitrogen and oxygen atoms in total. The van der Waals surface area contributed by atoms with Crippen LogP contribution >= 0.6 is 0 Å². The molecule has 0 bridgehead atoms. The first-order valence-electron chi connectivity index (χ1n) is 4.11. The third-order valence-electron chi connectivity index (χ3n) is 2.03. The molecular weight excluding hydrogens is 160 g/mol. The van der Waals surface area contributed by atoms with Gasteiger partial charge in [-0.2, -0.15) is 0 Å². The fraction of sp³-hybridized carbons (Fsp3) is 1.00. The summed E-state index contributed by atoms with van der Waals surface area (Å²) in [5.41, 5.74) is 0. The predicted octanol–water partition coefficient (Wildman–Crippen LogP) is 0.145. The molecule has 4 heteroatoms. The Morgan fingerprint density at radius 2 is 2.17 bits per heavy atom. The molecule has 0 aromatic carbocycles. The molecule has 0 aliphatic carbocycles. The fourth-order valence-corrected chi connectivity index (χ4v) is 1.43. The molecule has 1 saturated heterocycles. The lowest BCUT2D eigenvalue weighted by molar-refractivity contribution is -0.203. The van der Waals surface area contributed by atoms with Crippen molar-refractivity contribution in [3.05, 3.63) is 0 Å². The Morgan fingerprint density at radius 1 is 1.42 bits per heavy atom. The number of ether oxygens (including phenoxy) is 3. The van der Waals surface area contributed by atoms with Crippen molar-refractivity contribution >= 4 is 0 Å². The Labute approximate surface area is 72.4 Å². The van der Waals surface area contributed by atoms with Gasteiger partial charge in [-0.3, -0.25) is 0 Å². The van der Waals surface area contributed by atoms with E-state index in [1.54, 1.807) is 14.2 Å². The summed E-state index contributed by atoms with van der Waals surface area (Å²) in [5, 5.41) is 9.25. The van der Waals surface area contributed by atoms with Gasteiger partial charge in [-0.15, -0.1) is 0 Å². The minimum absolute atomic E-state index is 0.0382. The minimum atomic E-state index is -0.705. The van der Waals surface area contributed by atoms with E-state index in [0.29, 0.717) is 13.0 Å². The highest BCUT2D eigenvalue weighted by molar-refractivity contribution is 4.73. The van der Waals surface area contributed by atoms with Crippen LogP contribution in [0.4, 0.5) is 0 Å². The molecule has 0 amide bonds. The second kappa shape index (κ2) is 4.77. The lowest BCUT2D eigenvalue weighted by Gasteiger charge is -2.31. The maximum Gasteiger partial charge on any atom is 0.157 e. The van der Waals surface area contributed by atoms with Crippen LogP contribution in [0.1, 0.15) is 12.8 Å². The number of rotatable bonds is 3. The van der Waals surface area contributed by atoms with E-state index < -0.39 is 6.29 Å². The van der Waals surface area contributed by atoms with E-state index in [9.17, 15) is 5.11 Å². The van der Waals surface area contributed by atoms with Gasteiger partial charge in [0.2, 0.25) is 0 Å². The molecule has 1 rings (SSSR count). The first kappa shape index (κ1) is 9.92. The topological polar surface area (TPSA) is 47.9 Å². The van der Waals surface area contributed by atoms with Gasteiger partial charge in [0.15, 0.2) is 6.29 Å². The molecule has 1 aliphatic rings. The highest BCUT2D eigenvalue weighted by atomic mass is 16.6. The number of hydrogen-bond donors (Lipinski definition) is 1. The van der Waals surface area contributed by atoms with E-state index in [2.05, 4.69) is 0 Å². The normalized spacial score (nSPS) is 36.8. The molecule has 1 fully saturated rings. The third kappa shape index (κ3) is 2.71. The van der Waals surface area contributed by atoms with E-state index in [1.807, 2.05) is 0 Å². The molecule has 1 heterocycles. The number of aliphatic hydroxyl groups is 1. The van der Waals surface area contributed by atoms with Crippen LogP contribution < -0.4 is 0 Å². The molecule has 0 aromatic rings. The molecule has 0 saturated carbocycles. The largest absolute Gasteiger partial charge is 0.382 e. The number of methoxy groups -OCH3 is 2. The summed E-state index contributed by atoms with van der Waals surface area (Å²) in [6, 6.07) is 0. The van der Waals surface area contributed by atoms with E-state index in [1.165, 1.54) is 0 Å². The summed E-state index contributed by atoms with van der Waals surface area (Å²) in [6.45, 7) is 0.511. The van der Waals surface area contributed by atoms with Crippen LogP contribution in [0.15, 0.2) is 0 Å². The van der Waals surface area contributed by atoms with Gasteiger partial charge in [0.25, 0.3) is 0 Å². The van der Waals surface area contributed by atoms with Gasteiger partial charge in [0, 0.05) is 27.1 Å². The van der Waals surface area contributed by atoms with Crippen molar-refractivity contribution in [1.82, 2.24) is 0 Å². The summed E-state index contributed by atoms with van der Waals surface area (Å²) >= 11 is 0. The maximum absolute atomic E-state index is 9.25. The lowest BCUT2D eigenvalue weighted by Crippen LogP contribution is -2.38. The number of aliphatic hydroxyl groups excluding tert-OH is 1. The standard InChI is InChI=1S/C8H16O4/c1-10-5-7-3-6(11-2)4-8(9)12-7/h6-9H,3-5H2,1-2H3/t6-,7-,8+/m0/s1. The first-order valence-corrected chi connectivity index (χ1v) is 4.11. The SMILES string of the molecule is COC[C@@H]1C[C@H](OC)C[C@H](O)O1. The Hall–Kier alpha value is -0.160. The lowest BCUT2D eigenvalue weighted by atomic mass is 10.1. The van der Waals surface area contributed by atoms with Crippen molar-refractivity contribution in [2.45, 2.75) is 31.3 Å². The molecule has 0 spiro atoms. The summed E-state index contributed by atoms with van der Waals surface area (Å²) in [4.78, 5) is 0. The average Bonchev–Trinajstić information content (AvgIpc) is 2.04. The molecule has 3 atom stereocenters. The third-order valence-corrected chi connectivity index (χ3v) is 2.03. The summed E-state index contributed by atoms with van der Waals surface area (Å²) in [5.74, 6) is 0. The van der Waals surface area contributed by atoms with Crippen LogP contribution in [-0.4, -0.2) is 44.4 Å². The quantitative estimate of drug-likeness (QED) is 0.664. The smallest absolute Gasteiger partial charge is 0.157 e. The highest BCUT2D eigenvalue weighted by Gasteiger charge is 2.27. The van der Waals surface area contributed by atoms with E-state index >= 15 is 0 Å². The van der Waals surface area contributed by atoms with E-state index in [0.717, 1.165) is 6.42 Å². The predicted molar refractivity (Wildman–Crippen MR) is 42.8 cm³/mol. The summed E-state index contributed by atoms with van der Waals surface area (Å²) in [6.07, 6.45) is 0.694. The van der Waals surface area contributed by atoms with E-state index in [-0.39, 0.29) is 12.2 Å². The fourth-order valence-electron chi connectivity index (χ4n) is 1.43. The van der Waals surface area contributed by atoms with Gasteiger partial charge >= 0.3 is 0 Å². The molecule has 0 aromatic heterocycles. The van der Waals surface area contributed by atoms with Crippen molar-refractivity contribution in [2.24, 2.45) is 0 Å². The first-order chi connectivity index (χ1) is 5.76. The van der Waals surface area contributed by atoms with Crippen molar-refractivity contribution in [3.63, 3.8) is 0 Å². The van der Waals surface area contributed by atoms with Gasteiger partial charge in [-0.25, -0.2) is 0 Å². The molecule has 1 N–H and O–H groups in total. The minimum Gasteiger partial charge on any atom is -0.382 e. The molecule has 12 heavy (non-hydrogen) atoms. The number of hydrogen-bond acceptors (Lipinski definition) is 4. The molecule has 0 radical (unpaired) electrons. The zero-order valence-corrected chi connectivity index (χ0v) is 7.53. The molecule has 1 aliphatic heterocycles. The molecule has 72 valence electrons. The van der Waals surface area contributed by atoms with Crippen LogP contribution in [-0.2, 0) is 14.2 Å². The Bertz CT molecular complexity index is 128. The second-order valence-electron chi connectivity index (χ2n) is 3.00. The Balaban J connectivity index is 2.34. The van der Waals surface area contributed by atoms with Crippen molar-refractivity contribution < 1.29 is 19.3 Å². The Kier molecular flexibility index (Phi) is 3.94. The molecule has 0 unspecified atom stereocenters. The van der Waals surface area contributed by atoms with Crippen LogP contribution in [0.2, 0.25) is 0 Å². The monoisotopic (exact) mass is 176 g/mol. The summed E-state index contributed by atoms with van der Waals surface area (Å²) < 4.78 is 15.3. The van der Waals surface area contributed by atoms with Crippen LogP contribution in [0, 0.1) is 0 Å². The van der Waals surface area contributed by atoms with Gasteiger partial charge in [-0.1, -0.05) is 0 Å². The maximum atomic E-state index is 9.25. The van der Waals surface area contributed by atoms with E-state index in [4.69, 9.17) is 14.2 Å². The van der Waals surface area contributed by atoms with Crippen LogP contribution in [0.5, 0.6) is 0 Å². The van der Waals surface area contributed by atoms with Crippen molar-refractivity contribution in [3.8, 4) is 0 Å². The zero-order chi connectivity index (χ0) is 8.97. The van der Waals surface area contributed by atoms with Crippen LogP contribution in [0.3, 0.4) is 0 Å². The van der Waals surface area contributed by atoms with Gasteiger partial charge in [0.05, 0.1) is 18.8 Å². The van der Waals surface area contributed by atoms with Crippen molar-refractivity contribution in [2.75, 3.05) is 20.8 Å². The summed E-state index contributed by atoms with van der Waals surface area (Å²) in [7, 11) is 3.26. The molecular formula is C8H16O4. The van der Waals surface area contributed by atoms with Gasteiger partial charge < -0.3 is 19.3 Å². The Morgan fingerprint density at radius 3 is 2.75 bits per heavy atom. The zero-order valence-electron chi connectivity index (χ0n) is 7.53. The second-order valence-corrected chi connectivity index (χ2v) is 3.00. The average molecular weight is 176 g/mol.